The van der Waals surface area contributed by atoms with E-state index < -0.39 is 5.67 Å². The van der Waals surface area contributed by atoms with Crippen LogP contribution in [0, 0.1) is 11.8 Å². The van der Waals surface area contributed by atoms with Crippen LogP contribution in [0.5, 0.6) is 0 Å². The highest BCUT2D eigenvalue weighted by atomic mass is 35.5. The van der Waals surface area contributed by atoms with Crippen molar-refractivity contribution in [2.24, 2.45) is 11.8 Å². The van der Waals surface area contributed by atoms with Gasteiger partial charge in [0.25, 0.3) is 0 Å². The highest BCUT2D eigenvalue weighted by molar-refractivity contribution is 6.20. The molecule has 0 heterocycles. The van der Waals surface area contributed by atoms with Gasteiger partial charge in [-0.25, -0.2) is 4.39 Å². The molecule has 12 heavy (non-hydrogen) atoms. The Morgan fingerprint density at radius 1 is 1.33 bits per heavy atom. The van der Waals surface area contributed by atoms with E-state index in [1.54, 1.807) is 13.8 Å². The predicted octanol–water partition coefficient (Wildman–Crippen LogP) is 3.78. The molecule has 3 atom stereocenters. The Morgan fingerprint density at radius 3 is 2.33 bits per heavy atom. The van der Waals surface area contributed by atoms with Gasteiger partial charge in [-0.2, -0.15) is 0 Å². The first-order chi connectivity index (χ1) is 5.41. The van der Waals surface area contributed by atoms with E-state index >= 15 is 0 Å². The molecule has 0 radical (unpaired) electrons. The summed E-state index contributed by atoms with van der Waals surface area (Å²) < 4.78 is 13.5. The Labute approximate surface area is 79.5 Å². The van der Waals surface area contributed by atoms with Crippen LogP contribution in [-0.2, 0) is 0 Å². The molecule has 2 heteroatoms. The first kappa shape index (κ1) is 10.3. The third kappa shape index (κ3) is 2.35. The van der Waals surface area contributed by atoms with Crippen LogP contribution in [0.2, 0.25) is 0 Å². The fourth-order valence-electron chi connectivity index (χ4n) is 1.98. The Morgan fingerprint density at radius 2 is 1.92 bits per heavy atom. The minimum atomic E-state index is -1.02. The van der Waals surface area contributed by atoms with Crippen molar-refractivity contribution in [2.45, 2.75) is 51.1 Å². The van der Waals surface area contributed by atoms with Crippen molar-refractivity contribution in [2.75, 3.05) is 0 Å². The lowest BCUT2D eigenvalue weighted by atomic mass is 9.75. The minimum Gasteiger partial charge on any atom is -0.244 e. The van der Waals surface area contributed by atoms with Crippen molar-refractivity contribution in [1.82, 2.24) is 0 Å². The Balaban J connectivity index is 2.51. The van der Waals surface area contributed by atoms with Crippen molar-refractivity contribution in [3.8, 4) is 0 Å². The van der Waals surface area contributed by atoms with Gasteiger partial charge in [-0.05, 0) is 44.9 Å². The van der Waals surface area contributed by atoms with E-state index in [2.05, 4.69) is 6.92 Å². The predicted molar refractivity (Wildman–Crippen MR) is 51.3 cm³/mol. The monoisotopic (exact) mass is 192 g/mol. The number of alkyl halides is 2. The zero-order valence-corrected chi connectivity index (χ0v) is 8.87. The number of halogens is 2. The van der Waals surface area contributed by atoms with Crippen LogP contribution in [0.4, 0.5) is 4.39 Å². The molecule has 0 aliphatic heterocycles. The van der Waals surface area contributed by atoms with E-state index in [0.717, 1.165) is 19.3 Å². The van der Waals surface area contributed by atoms with Gasteiger partial charge in [-0.1, -0.05) is 6.92 Å². The zero-order chi connectivity index (χ0) is 9.35. The summed E-state index contributed by atoms with van der Waals surface area (Å²) >= 11 is 6.06. The van der Waals surface area contributed by atoms with Gasteiger partial charge >= 0.3 is 0 Å². The molecule has 0 N–H and O–H groups in total. The maximum Gasteiger partial charge on any atom is 0.108 e. The topological polar surface area (TPSA) is 0 Å². The summed E-state index contributed by atoms with van der Waals surface area (Å²) in [4.78, 5) is 0. The summed E-state index contributed by atoms with van der Waals surface area (Å²) in [7, 11) is 0. The summed E-state index contributed by atoms with van der Waals surface area (Å²) in [5.41, 5.74) is -1.02. The molecule has 0 aromatic carbocycles. The van der Waals surface area contributed by atoms with Gasteiger partial charge in [-0.15, -0.1) is 11.6 Å². The van der Waals surface area contributed by atoms with Crippen molar-refractivity contribution < 1.29 is 4.39 Å². The molecule has 0 bridgehead atoms. The fraction of sp³-hybridized carbons (Fsp3) is 1.00. The summed E-state index contributed by atoms with van der Waals surface area (Å²) in [6, 6.07) is 0. The molecule has 1 saturated carbocycles. The molecule has 72 valence electrons. The lowest BCUT2D eigenvalue weighted by molar-refractivity contribution is 0.0792. The molecular formula is C10H18ClF. The van der Waals surface area contributed by atoms with E-state index in [1.807, 2.05) is 0 Å². The van der Waals surface area contributed by atoms with E-state index in [-0.39, 0.29) is 11.3 Å². The molecule has 0 nitrogen and oxygen atoms in total. The van der Waals surface area contributed by atoms with Crippen molar-refractivity contribution in [1.29, 1.82) is 0 Å². The molecule has 0 spiro atoms. The quantitative estimate of drug-likeness (QED) is 0.555. The largest absolute Gasteiger partial charge is 0.244 e. The lowest BCUT2D eigenvalue weighted by Gasteiger charge is -2.36. The zero-order valence-electron chi connectivity index (χ0n) is 8.11. The molecular weight excluding hydrogens is 175 g/mol. The van der Waals surface area contributed by atoms with E-state index in [9.17, 15) is 4.39 Å². The van der Waals surface area contributed by atoms with Gasteiger partial charge in [0.05, 0.1) is 0 Å². The second-order valence-electron chi connectivity index (χ2n) is 4.57. The molecule has 0 aromatic heterocycles. The summed E-state index contributed by atoms with van der Waals surface area (Å²) in [6.45, 7) is 5.48. The third-order valence-corrected chi connectivity index (χ3v) is 3.68. The van der Waals surface area contributed by atoms with Crippen LogP contribution < -0.4 is 0 Å². The van der Waals surface area contributed by atoms with Gasteiger partial charge in [0.1, 0.15) is 5.67 Å². The number of rotatable bonds is 1. The Bertz CT molecular complexity index is 150. The standard InChI is InChI=1S/C10H18ClF/c1-7-6-8(10(2,3)12)4-5-9(7)11/h7-9H,4-6H2,1-3H3. The summed E-state index contributed by atoms with van der Waals surface area (Å²) in [5, 5.41) is 0.267. The molecule has 0 amide bonds. The average Bonchev–Trinajstić information content (AvgIpc) is 1.92. The van der Waals surface area contributed by atoms with Gasteiger partial charge in [-0.3, -0.25) is 0 Å². The lowest BCUT2D eigenvalue weighted by Crippen LogP contribution is -2.34. The van der Waals surface area contributed by atoms with E-state index in [1.165, 1.54) is 0 Å². The normalized spacial score (nSPS) is 38.2. The second kappa shape index (κ2) is 3.53. The minimum absolute atomic E-state index is 0.211. The molecule has 0 saturated heterocycles. The molecule has 1 aliphatic rings. The SMILES string of the molecule is CC1CC(C(C)(C)F)CCC1Cl. The van der Waals surface area contributed by atoms with Crippen LogP contribution >= 0.6 is 11.6 Å². The first-order valence-electron chi connectivity index (χ1n) is 4.74. The molecule has 3 unspecified atom stereocenters. The van der Waals surface area contributed by atoms with Crippen molar-refractivity contribution in [3.63, 3.8) is 0 Å². The number of hydrogen-bond acceptors (Lipinski definition) is 0. The van der Waals surface area contributed by atoms with Crippen LogP contribution in [0.3, 0.4) is 0 Å². The summed E-state index contributed by atoms with van der Waals surface area (Å²) in [6.07, 6.45) is 2.86. The van der Waals surface area contributed by atoms with Crippen LogP contribution in [-0.4, -0.2) is 11.0 Å². The molecule has 0 aromatic rings. The molecule has 1 rings (SSSR count). The smallest absolute Gasteiger partial charge is 0.108 e. The highest BCUT2D eigenvalue weighted by Gasteiger charge is 2.35. The van der Waals surface area contributed by atoms with Crippen LogP contribution in [0.1, 0.15) is 40.0 Å². The Kier molecular flexibility index (Phi) is 3.03. The van der Waals surface area contributed by atoms with Crippen molar-refractivity contribution >= 4 is 11.6 Å². The third-order valence-electron chi connectivity index (χ3n) is 3.04. The fourth-order valence-corrected chi connectivity index (χ4v) is 2.21. The Hall–Kier alpha value is 0.220. The second-order valence-corrected chi connectivity index (χ2v) is 5.13. The highest BCUT2D eigenvalue weighted by Crippen LogP contribution is 2.39. The average molecular weight is 193 g/mol. The van der Waals surface area contributed by atoms with Gasteiger partial charge in [0.15, 0.2) is 0 Å². The van der Waals surface area contributed by atoms with Gasteiger partial charge < -0.3 is 0 Å². The van der Waals surface area contributed by atoms with Crippen LogP contribution in [0.15, 0.2) is 0 Å². The van der Waals surface area contributed by atoms with Crippen molar-refractivity contribution in [3.05, 3.63) is 0 Å². The van der Waals surface area contributed by atoms with Gasteiger partial charge in [0, 0.05) is 5.38 Å². The molecule has 1 aliphatic carbocycles. The van der Waals surface area contributed by atoms with E-state index in [0.29, 0.717) is 5.92 Å². The van der Waals surface area contributed by atoms with Crippen LogP contribution in [0.25, 0.3) is 0 Å². The van der Waals surface area contributed by atoms with Gasteiger partial charge in [0.2, 0.25) is 0 Å². The maximum absolute atomic E-state index is 13.5. The van der Waals surface area contributed by atoms with E-state index in [4.69, 9.17) is 11.6 Å². The maximum atomic E-state index is 13.5. The summed E-state index contributed by atoms with van der Waals surface area (Å²) in [5.74, 6) is 0.683. The first-order valence-corrected chi connectivity index (χ1v) is 5.18. The molecule has 1 fully saturated rings. The number of hydrogen-bond donors (Lipinski definition) is 0.